The predicted molar refractivity (Wildman–Crippen MR) is 64.0 cm³/mol. The van der Waals surface area contributed by atoms with Gasteiger partial charge in [0.15, 0.2) is 0 Å². The van der Waals surface area contributed by atoms with Crippen LogP contribution < -0.4 is 0 Å². The minimum atomic E-state index is 0.907. The van der Waals surface area contributed by atoms with Gasteiger partial charge in [-0.3, -0.25) is 4.90 Å². The Balaban J connectivity index is 1.95. The van der Waals surface area contributed by atoms with Crippen molar-refractivity contribution in [2.75, 3.05) is 52.5 Å². The lowest BCUT2D eigenvalue weighted by atomic mass is 10.2. The average Bonchev–Trinajstić information content (AvgIpc) is 2.31. The molecule has 1 fully saturated rings. The van der Waals surface area contributed by atoms with E-state index in [1.165, 1.54) is 26.1 Å². The van der Waals surface area contributed by atoms with Gasteiger partial charge in [0.05, 0.1) is 13.2 Å². The van der Waals surface area contributed by atoms with Gasteiger partial charge in [-0.15, -0.1) is 0 Å². The first-order valence-corrected chi connectivity index (χ1v) is 6.21. The molecular weight excluding hydrogens is 188 g/mol. The van der Waals surface area contributed by atoms with Crippen LogP contribution in [0.2, 0.25) is 0 Å². The van der Waals surface area contributed by atoms with Crippen LogP contribution in [0.25, 0.3) is 0 Å². The van der Waals surface area contributed by atoms with E-state index in [0.29, 0.717) is 0 Å². The lowest BCUT2D eigenvalue weighted by molar-refractivity contribution is 0.0414. The number of rotatable bonds is 7. The first-order valence-electron chi connectivity index (χ1n) is 6.21. The zero-order valence-corrected chi connectivity index (χ0v) is 10.2. The molecule has 1 saturated heterocycles. The summed E-state index contributed by atoms with van der Waals surface area (Å²) in [5.74, 6) is 0. The number of hydrogen-bond donors (Lipinski definition) is 0. The highest BCUT2D eigenvalue weighted by atomic mass is 16.5. The summed E-state index contributed by atoms with van der Waals surface area (Å²) in [6, 6.07) is 0. The fourth-order valence-corrected chi connectivity index (χ4v) is 1.87. The molecule has 15 heavy (non-hydrogen) atoms. The fourth-order valence-electron chi connectivity index (χ4n) is 1.87. The molecule has 89 valence electrons. The standard InChI is InChI=1S/C12H25N2O/c1-3-13(4-2)7-5-6-8-14-9-11-15-12-10-14/h6H,3-5,7-12H2,1-2H3. The maximum atomic E-state index is 5.32. The van der Waals surface area contributed by atoms with Crippen LogP contribution in [0, 0.1) is 6.42 Å². The van der Waals surface area contributed by atoms with Crippen molar-refractivity contribution in [1.82, 2.24) is 9.80 Å². The second kappa shape index (κ2) is 8.08. The van der Waals surface area contributed by atoms with Crippen molar-refractivity contribution in [2.45, 2.75) is 20.3 Å². The van der Waals surface area contributed by atoms with Gasteiger partial charge in [0, 0.05) is 19.6 Å². The minimum absolute atomic E-state index is 0.907. The zero-order chi connectivity index (χ0) is 10.9. The number of morpholine rings is 1. The molecule has 1 aliphatic heterocycles. The molecule has 1 heterocycles. The Morgan fingerprint density at radius 3 is 2.47 bits per heavy atom. The molecule has 1 radical (unpaired) electrons. The molecule has 0 N–H and O–H groups in total. The van der Waals surface area contributed by atoms with Crippen molar-refractivity contribution in [1.29, 1.82) is 0 Å². The third-order valence-electron chi connectivity index (χ3n) is 3.03. The topological polar surface area (TPSA) is 15.7 Å². The summed E-state index contributed by atoms with van der Waals surface area (Å²) in [5.41, 5.74) is 0. The number of ether oxygens (including phenoxy) is 1. The molecule has 0 amide bonds. The zero-order valence-electron chi connectivity index (χ0n) is 10.2. The molecule has 0 aromatic carbocycles. The molecule has 0 spiro atoms. The normalized spacial score (nSPS) is 18.6. The lowest BCUT2D eigenvalue weighted by Crippen LogP contribution is -2.37. The van der Waals surface area contributed by atoms with Gasteiger partial charge in [0.2, 0.25) is 0 Å². The molecule has 0 saturated carbocycles. The third-order valence-corrected chi connectivity index (χ3v) is 3.03. The molecule has 3 nitrogen and oxygen atoms in total. The Labute approximate surface area is 94.4 Å². The van der Waals surface area contributed by atoms with Gasteiger partial charge in [-0.05, 0) is 32.5 Å². The van der Waals surface area contributed by atoms with Gasteiger partial charge in [-0.1, -0.05) is 13.8 Å². The summed E-state index contributed by atoms with van der Waals surface area (Å²) in [4.78, 5) is 4.93. The Kier molecular flexibility index (Phi) is 6.98. The van der Waals surface area contributed by atoms with Crippen molar-refractivity contribution >= 4 is 0 Å². The molecule has 0 bridgehead atoms. The fraction of sp³-hybridized carbons (Fsp3) is 0.917. The quantitative estimate of drug-likeness (QED) is 0.592. The highest BCUT2D eigenvalue weighted by Gasteiger charge is 2.09. The molecule has 0 aliphatic carbocycles. The van der Waals surface area contributed by atoms with Crippen LogP contribution in [0.3, 0.4) is 0 Å². The number of hydrogen-bond acceptors (Lipinski definition) is 3. The van der Waals surface area contributed by atoms with Crippen LogP contribution in [0.15, 0.2) is 0 Å². The summed E-state index contributed by atoms with van der Waals surface area (Å²) < 4.78 is 5.32. The van der Waals surface area contributed by atoms with Crippen molar-refractivity contribution in [3.8, 4) is 0 Å². The highest BCUT2D eigenvalue weighted by Crippen LogP contribution is 2.00. The summed E-state index contributed by atoms with van der Waals surface area (Å²) in [7, 11) is 0. The minimum Gasteiger partial charge on any atom is -0.379 e. The molecular formula is C12H25N2O. The second-order valence-electron chi connectivity index (χ2n) is 4.02. The Morgan fingerprint density at radius 2 is 1.87 bits per heavy atom. The van der Waals surface area contributed by atoms with E-state index in [9.17, 15) is 0 Å². The van der Waals surface area contributed by atoms with Gasteiger partial charge in [0.25, 0.3) is 0 Å². The Hall–Kier alpha value is -0.120. The number of nitrogens with zero attached hydrogens (tertiary/aromatic N) is 2. The van der Waals surface area contributed by atoms with Crippen molar-refractivity contribution in [3.63, 3.8) is 0 Å². The predicted octanol–water partition coefficient (Wildman–Crippen LogP) is 1.25. The largest absolute Gasteiger partial charge is 0.379 e. The lowest BCUT2D eigenvalue weighted by Gasteiger charge is -2.26. The molecule has 0 unspecified atom stereocenters. The molecule has 0 aromatic rings. The molecule has 3 heteroatoms. The summed E-state index contributed by atoms with van der Waals surface area (Å²) in [6.45, 7) is 13.1. The van der Waals surface area contributed by atoms with Crippen LogP contribution in [0.5, 0.6) is 0 Å². The van der Waals surface area contributed by atoms with Crippen LogP contribution in [-0.4, -0.2) is 62.3 Å². The first kappa shape index (κ1) is 12.9. The summed E-state index contributed by atoms with van der Waals surface area (Å²) in [5, 5.41) is 0. The van der Waals surface area contributed by atoms with Crippen molar-refractivity contribution < 1.29 is 4.74 Å². The van der Waals surface area contributed by atoms with Crippen molar-refractivity contribution in [3.05, 3.63) is 6.42 Å². The smallest absolute Gasteiger partial charge is 0.0594 e. The van der Waals surface area contributed by atoms with E-state index in [-0.39, 0.29) is 0 Å². The van der Waals surface area contributed by atoms with E-state index >= 15 is 0 Å². The van der Waals surface area contributed by atoms with E-state index in [4.69, 9.17) is 4.74 Å². The highest BCUT2D eigenvalue weighted by molar-refractivity contribution is 4.74. The van der Waals surface area contributed by atoms with Gasteiger partial charge >= 0.3 is 0 Å². The third kappa shape index (κ3) is 5.50. The second-order valence-corrected chi connectivity index (χ2v) is 4.02. The van der Waals surface area contributed by atoms with E-state index in [1.54, 1.807) is 0 Å². The van der Waals surface area contributed by atoms with E-state index < -0.39 is 0 Å². The van der Waals surface area contributed by atoms with Crippen LogP contribution in [-0.2, 0) is 4.74 Å². The maximum absolute atomic E-state index is 5.32. The Bertz CT molecular complexity index is 143. The molecule has 0 aromatic heterocycles. The van der Waals surface area contributed by atoms with Crippen LogP contribution in [0.1, 0.15) is 20.3 Å². The maximum Gasteiger partial charge on any atom is 0.0594 e. The van der Waals surface area contributed by atoms with Gasteiger partial charge in [0.1, 0.15) is 0 Å². The van der Waals surface area contributed by atoms with Gasteiger partial charge in [-0.25, -0.2) is 0 Å². The monoisotopic (exact) mass is 213 g/mol. The Morgan fingerprint density at radius 1 is 1.20 bits per heavy atom. The molecule has 1 aliphatic rings. The first-order chi connectivity index (χ1) is 7.36. The number of unbranched alkanes of at least 4 members (excludes halogenated alkanes) is 1. The van der Waals surface area contributed by atoms with Crippen LogP contribution in [0.4, 0.5) is 0 Å². The van der Waals surface area contributed by atoms with Gasteiger partial charge in [-0.2, -0.15) is 0 Å². The van der Waals surface area contributed by atoms with Crippen LogP contribution >= 0.6 is 0 Å². The summed E-state index contributed by atoms with van der Waals surface area (Å²) >= 11 is 0. The summed E-state index contributed by atoms with van der Waals surface area (Å²) in [6.07, 6.45) is 3.61. The SMILES string of the molecule is CCN(CC)CC[CH]CN1CCOCC1. The van der Waals surface area contributed by atoms with E-state index in [0.717, 1.165) is 32.8 Å². The average molecular weight is 213 g/mol. The van der Waals surface area contributed by atoms with Gasteiger partial charge < -0.3 is 9.64 Å². The molecule has 1 rings (SSSR count). The van der Waals surface area contributed by atoms with E-state index in [1.807, 2.05) is 0 Å². The van der Waals surface area contributed by atoms with E-state index in [2.05, 4.69) is 30.1 Å². The molecule has 0 atom stereocenters. The van der Waals surface area contributed by atoms with Crippen molar-refractivity contribution in [2.24, 2.45) is 0 Å².